The van der Waals surface area contributed by atoms with Crippen molar-refractivity contribution < 1.29 is 14.3 Å². The van der Waals surface area contributed by atoms with E-state index in [0.717, 1.165) is 25.1 Å². The van der Waals surface area contributed by atoms with Crippen molar-refractivity contribution in [3.05, 3.63) is 47.5 Å². The van der Waals surface area contributed by atoms with Crippen LogP contribution in [-0.4, -0.2) is 64.3 Å². The van der Waals surface area contributed by atoms with E-state index in [1.165, 1.54) is 0 Å². The van der Waals surface area contributed by atoms with Crippen molar-refractivity contribution in [2.24, 2.45) is 5.92 Å². The quantitative estimate of drug-likeness (QED) is 0.859. The molecule has 2 aromatic heterocycles. The van der Waals surface area contributed by atoms with E-state index in [4.69, 9.17) is 4.74 Å². The average Bonchev–Trinajstić information content (AvgIpc) is 3.16. The predicted molar refractivity (Wildman–Crippen MR) is 97.3 cm³/mol. The van der Waals surface area contributed by atoms with Gasteiger partial charge < -0.3 is 15.0 Å². The summed E-state index contributed by atoms with van der Waals surface area (Å²) in [6.07, 6.45) is 4.94. The standard InChI is InChI=1S/C19H23N5O3/c25-18(16-3-1-2-5-20-16)21-12-14-4-6-24-17(11-14)15(13-22-24)19(26)23-7-9-27-10-8-23/h1-3,5,13-14H,4,6-12H2,(H,21,25). The molecule has 2 aliphatic rings. The molecule has 1 saturated heterocycles. The van der Waals surface area contributed by atoms with Gasteiger partial charge in [0.15, 0.2) is 0 Å². The van der Waals surface area contributed by atoms with Crippen LogP contribution in [0.15, 0.2) is 30.6 Å². The number of pyridine rings is 1. The highest BCUT2D eigenvalue weighted by Gasteiger charge is 2.28. The van der Waals surface area contributed by atoms with Crippen molar-refractivity contribution >= 4 is 11.8 Å². The number of hydrogen-bond donors (Lipinski definition) is 1. The van der Waals surface area contributed by atoms with Crippen LogP contribution in [0.1, 0.15) is 33.0 Å². The number of carbonyl (C=O) groups is 2. The minimum atomic E-state index is -0.167. The van der Waals surface area contributed by atoms with Crippen molar-refractivity contribution in [3.8, 4) is 0 Å². The van der Waals surface area contributed by atoms with Gasteiger partial charge in [0, 0.05) is 32.4 Å². The molecule has 8 nitrogen and oxygen atoms in total. The number of nitrogens with one attached hydrogen (secondary N) is 1. The van der Waals surface area contributed by atoms with Gasteiger partial charge in [0.1, 0.15) is 5.69 Å². The lowest BCUT2D eigenvalue weighted by Gasteiger charge is -2.28. The molecule has 0 bridgehead atoms. The fourth-order valence-corrected chi connectivity index (χ4v) is 3.61. The maximum absolute atomic E-state index is 12.8. The van der Waals surface area contributed by atoms with Crippen LogP contribution in [0.4, 0.5) is 0 Å². The van der Waals surface area contributed by atoms with Crippen LogP contribution in [0.25, 0.3) is 0 Å². The Bertz CT molecular complexity index is 814. The molecule has 0 saturated carbocycles. The number of hydrogen-bond acceptors (Lipinski definition) is 5. The third kappa shape index (κ3) is 3.85. The summed E-state index contributed by atoms with van der Waals surface area (Å²) in [6.45, 7) is 3.72. The summed E-state index contributed by atoms with van der Waals surface area (Å²) >= 11 is 0. The van der Waals surface area contributed by atoms with Crippen LogP contribution >= 0.6 is 0 Å². The second kappa shape index (κ2) is 7.87. The summed E-state index contributed by atoms with van der Waals surface area (Å²) in [5.74, 6) is 0.134. The molecule has 1 unspecified atom stereocenters. The fraction of sp³-hybridized carbons (Fsp3) is 0.474. The van der Waals surface area contributed by atoms with Crippen LogP contribution in [0.2, 0.25) is 0 Å². The lowest BCUT2D eigenvalue weighted by Crippen LogP contribution is -2.41. The molecule has 1 fully saturated rings. The Kier molecular flexibility index (Phi) is 5.15. The highest BCUT2D eigenvalue weighted by Crippen LogP contribution is 2.24. The lowest BCUT2D eigenvalue weighted by atomic mass is 9.94. The Balaban J connectivity index is 1.40. The zero-order valence-corrected chi connectivity index (χ0v) is 15.1. The average molecular weight is 369 g/mol. The van der Waals surface area contributed by atoms with Crippen molar-refractivity contribution in [2.45, 2.75) is 19.4 Å². The van der Waals surface area contributed by atoms with E-state index in [9.17, 15) is 9.59 Å². The molecule has 0 radical (unpaired) electrons. The molecule has 8 heteroatoms. The Morgan fingerprint density at radius 2 is 2.07 bits per heavy atom. The minimum Gasteiger partial charge on any atom is -0.378 e. The first-order valence-corrected chi connectivity index (χ1v) is 9.33. The smallest absolute Gasteiger partial charge is 0.269 e. The lowest BCUT2D eigenvalue weighted by molar-refractivity contribution is 0.0301. The van der Waals surface area contributed by atoms with Crippen LogP contribution in [0.5, 0.6) is 0 Å². The molecule has 4 heterocycles. The van der Waals surface area contributed by atoms with E-state index in [2.05, 4.69) is 15.4 Å². The van der Waals surface area contributed by atoms with Crippen LogP contribution in [-0.2, 0) is 17.7 Å². The number of morpholine rings is 1. The third-order valence-electron chi connectivity index (χ3n) is 5.16. The van der Waals surface area contributed by atoms with E-state index in [1.807, 2.05) is 9.58 Å². The van der Waals surface area contributed by atoms with Crippen LogP contribution in [0.3, 0.4) is 0 Å². The van der Waals surface area contributed by atoms with E-state index in [1.54, 1.807) is 30.6 Å². The van der Waals surface area contributed by atoms with Gasteiger partial charge in [0.2, 0.25) is 0 Å². The first-order chi connectivity index (χ1) is 13.2. The summed E-state index contributed by atoms with van der Waals surface area (Å²) in [7, 11) is 0. The van der Waals surface area contributed by atoms with E-state index >= 15 is 0 Å². The van der Waals surface area contributed by atoms with Gasteiger partial charge in [0.25, 0.3) is 11.8 Å². The normalized spacial score (nSPS) is 19.4. The molecule has 4 rings (SSSR count). The van der Waals surface area contributed by atoms with Gasteiger partial charge in [-0.05, 0) is 30.9 Å². The van der Waals surface area contributed by atoms with Crippen molar-refractivity contribution in [1.82, 2.24) is 25.0 Å². The molecule has 1 atom stereocenters. The van der Waals surface area contributed by atoms with Gasteiger partial charge in [-0.1, -0.05) is 6.07 Å². The van der Waals surface area contributed by atoms with Gasteiger partial charge in [-0.25, -0.2) is 0 Å². The largest absolute Gasteiger partial charge is 0.378 e. The predicted octanol–water partition coefficient (Wildman–Crippen LogP) is 0.743. The van der Waals surface area contributed by atoms with E-state index < -0.39 is 0 Å². The number of fused-ring (bicyclic) bond motifs is 1. The van der Waals surface area contributed by atoms with E-state index in [0.29, 0.717) is 44.1 Å². The molecule has 2 aromatic rings. The van der Waals surface area contributed by atoms with Crippen molar-refractivity contribution in [3.63, 3.8) is 0 Å². The highest BCUT2D eigenvalue weighted by atomic mass is 16.5. The van der Waals surface area contributed by atoms with E-state index in [-0.39, 0.29) is 17.7 Å². The van der Waals surface area contributed by atoms with Gasteiger partial charge in [0.05, 0.1) is 30.7 Å². The SMILES string of the molecule is O=C(NCC1CCn2ncc(C(=O)N3CCOCC3)c2C1)c1ccccn1. The molecule has 0 aliphatic carbocycles. The number of rotatable bonds is 4. The van der Waals surface area contributed by atoms with Crippen molar-refractivity contribution in [1.29, 1.82) is 0 Å². The Morgan fingerprint density at radius 3 is 2.85 bits per heavy atom. The minimum absolute atomic E-state index is 0.0257. The van der Waals surface area contributed by atoms with Crippen LogP contribution in [0, 0.1) is 5.92 Å². The molecule has 0 aromatic carbocycles. The number of amides is 2. The molecular weight excluding hydrogens is 346 g/mol. The summed E-state index contributed by atoms with van der Waals surface area (Å²) in [5, 5.41) is 7.35. The highest BCUT2D eigenvalue weighted by molar-refractivity contribution is 5.95. The second-order valence-electron chi connectivity index (χ2n) is 6.92. The number of ether oxygens (including phenoxy) is 1. The molecular formula is C19H23N5O3. The van der Waals surface area contributed by atoms with Gasteiger partial charge in [-0.2, -0.15) is 5.10 Å². The maximum Gasteiger partial charge on any atom is 0.269 e. The number of aromatic nitrogens is 3. The zero-order valence-electron chi connectivity index (χ0n) is 15.1. The maximum atomic E-state index is 12.8. The van der Waals surface area contributed by atoms with Gasteiger partial charge >= 0.3 is 0 Å². The summed E-state index contributed by atoms with van der Waals surface area (Å²) in [5.41, 5.74) is 2.06. The number of nitrogens with zero attached hydrogens (tertiary/aromatic N) is 4. The summed E-state index contributed by atoms with van der Waals surface area (Å²) in [4.78, 5) is 30.9. The monoisotopic (exact) mass is 369 g/mol. The Morgan fingerprint density at radius 1 is 1.22 bits per heavy atom. The fourth-order valence-electron chi connectivity index (χ4n) is 3.61. The van der Waals surface area contributed by atoms with Crippen LogP contribution < -0.4 is 5.32 Å². The second-order valence-corrected chi connectivity index (χ2v) is 6.92. The molecule has 2 amide bonds. The van der Waals surface area contributed by atoms with Gasteiger partial charge in [-0.15, -0.1) is 0 Å². The Labute approximate surface area is 157 Å². The first kappa shape index (κ1) is 17.7. The summed E-state index contributed by atoms with van der Waals surface area (Å²) < 4.78 is 7.25. The molecule has 1 N–H and O–H groups in total. The zero-order chi connectivity index (χ0) is 18.6. The van der Waals surface area contributed by atoms with Crippen molar-refractivity contribution in [2.75, 3.05) is 32.8 Å². The first-order valence-electron chi connectivity index (χ1n) is 9.33. The number of carbonyl (C=O) groups excluding carboxylic acids is 2. The molecule has 0 spiro atoms. The summed E-state index contributed by atoms with van der Waals surface area (Å²) in [6, 6.07) is 5.28. The molecule has 142 valence electrons. The number of aryl methyl sites for hydroxylation is 1. The third-order valence-corrected chi connectivity index (χ3v) is 5.16. The molecule has 27 heavy (non-hydrogen) atoms. The topological polar surface area (TPSA) is 89.4 Å². The van der Waals surface area contributed by atoms with Gasteiger partial charge in [-0.3, -0.25) is 19.3 Å². The molecule has 2 aliphatic heterocycles. The Hall–Kier alpha value is -2.74.